The molecule has 0 saturated heterocycles. The van der Waals surface area contributed by atoms with Crippen LogP contribution in [-0.2, 0) is 11.1 Å². The molecule has 0 saturated carbocycles. The van der Waals surface area contributed by atoms with E-state index in [1.807, 2.05) is 13.0 Å². The van der Waals surface area contributed by atoms with Crippen molar-refractivity contribution in [3.8, 4) is 0 Å². The van der Waals surface area contributed by atoms with Crippen LogP contribution in [0.5, 0.6) is 0 Å². The molecular weight excluding hydrogens is 251 g/mol. The molecule has 62 valence electrons. The second-order valence-electron chi connectivity index (χ2n) is 2.18. The summed E-state index contributed by atoms with van der Waals surface area (Å²) in [7, 11) is 0. The van der Waals surface area contributed by atoms with E-state index in [1.54, 1.807) is 12.1 Å². The molecule has 0 aliphatic rings. The molecule has 0 bridgehead atoms. The van der Waals surface area contributed by atoms with Gasteiger partial charge in [-0.15, -0.1) is 0 Å². The van der Waals surface area contributed by atoms with Gasteiger partial charge in [-0.05, 0) is 40.5 Å². The average Bonchev–Trinajstić information content (AvgIpc) is 1.94. The van der Waals surface area contributed by atoms with Gasteiger partial charge in [0.05, 0.1) is 4.90 Å². The number of hydrogen-bond donors (Lipinski definition) is 1. The van der Waals surface area contributed by atoms with Crippen LogP contribution in [-0.4, -0.2) is 38.3 Å². The van der Waals surface area contributed by atoms with Crippen molar-refractivity contribution in [1.29, 1.82) is 0 Å². The third-order valence-electron chi connectivity index (χ3n) is 1.27. The first kappa shape index (κ1) is 12.8. The molecule has 0 radical (unpaired) electrons. The first-order valence-corrected chi connectivity index (χ1v) is 4.88. The van der Waals surface area contributed by atoms with E-state index in [4.69, 9.17) is 4.55 Å². The Hall–Kier alpha value is 0.810. The van der Waals surface area contributed by atoms with Gasteiger partial charge in [-0.2, -0.15) is 0 Å². The van der Waals surface area contributed by atoms with Crippen molar-refractivity contribution in [2.24, 2.45) is 0 Å². The van der Waals surface area contributed by atoms with Crippen LogP contribution in [0.1, 0.15) is 5.56 Å². The van der Waals surface area contributed by atoms with Gasteiger partial charge in [0.1, 0.15) is 0 Å². The Balaban J connectivity index is 0.00000121. The zero-order chi connectivity index (χ0) is 8.43. The molecule has 0 spiro atoms. The quantitative estimate of drug-likeness (QED) is 0.615. The van der Waals surface area contributed by atoms with E-state index in [-0.39, 0.29) is 29.6 Å². The summed E-state index contributed by atoms with van der Waals surface area (Å²) in [5.41, 5.74) is 0.977. The summed E-state index contributed by atoms with van der Waals surface area (Å²) in [5.74, 6) is 0. The van der Waals surface area contributed by atoms with Gasteiger partial charge in [0, 0.05) is 4.47 Å². The van der Waals surface area contributed by atoms with Crippen molar-refractivity contribution < 1.29 is 8.76 Å². The van der Waals surface area contributed by atoms with Crippen LogP contribution in [0.3, 0.4) is 0 Å². The first-order valence-electron chi connectivity index (χ1n) is 2.98. The fourth-order valence-corrected chi connectivity index (χ4v) is 1.93. The summed E-state index contributed by atoms with van der Waals surface area (Å²) in [6.45, 7) is 1.88. The average molecular weight is 259 g/mol. The van der Waals surface area contributed by atoms with Gasteiger partial charge in [0.15, 0.2) is 11.1 Å². The van der Waals surface area contributed by atoms with Crippen LogP contribution >= 0.6 is 15.9 Å². The van der Waals surface area contributed by atoms with E-state index < -0.39 is 11.1 Å². The molecule has 0 aromatic heterocycles. The van der Waals surface area contributed by atoms with Crippen molar-refractivity contribution in [2.45, 2.75) is 11.8 Å². The third-order valence-corrected chi connectivity index (χ3v) is 2.94. The molecular formula is C7H8BrNaO2S. The Morgan fingerprint density at radius 2 is 2.08 bits per heavy atom. The summed E-state index contributed by atoms with van der Waals surface area (Å²) in [6, 6.07) is 5.32. The molecule has 0 amide bonds. The van der Waals surface area contributed by atoms with E-state index >= 15 is 0 Å². The summed E-state index contributed by atoms with van der Waals surface area (Å²) < 4.78 is 20.1. The predicted molar refractivity (Wildman–Crippen MR) is 55.1 cm³/mol. The first-order chi connectivity index (χ1) is 5.11. The van der Waals surface area contributed by atoms with Gasteiger partial charge in [-0.1, -0.05) is 6.07 Å². The van der Waals surface area contributed by atoms with E-state index in [2.05, 4.69) is 15.9 Å². The van der Waals surface area contributed by atoms with Crippen molar-refractivity contribution in [3.05, 3.63) is 28.2 Å². The molecule has 5 heteroatoms. The maximum absolute atomic E-state index is 10.7. The third kappa shape index (κ3) is 3.28. The molecule has 1 rings (SSSR count). The molecule has 1 atom stereocenters. The molecule has 2 nitrogen and oxygen atoms in total. The molecule has 1 aromatic rings. The van der Waals surface area contributed by atoms with Crippen molar-refractivity contribution in [3.63, 3.8) is 0 Å². The zero-order valence-electron chi connectivity index (χ0n) is 5.87. The van der Waals surface area contributed by atoms with Crippen LogP contribution in [0.4, 0.5) is 0 Å². The summed E-state index contributed by atoms with van der Waals surface area (Å²) in [5, 5.41) is 0. The summed E-state index contributed by atoms with van der Waals surface area (Å²) in [6.07, 6.45) is 0. The van der Waals surface area contributed by atoms with Gasteiger partial charge in [-0.3, -0.25) is 0 Å². The predicted octanol–water partition coefficient (Wildman–Crippen LogP) is 1.69. The van der Waals surface area contributed by atoms with Crippen LogP contribution < -0.4 is 0 Å². The number of benzene rings is 1. The molecule has 0 aliphatic carbocycles. The van der Waals surface area contributed by atoms with Gasteiger partial charge in [-0.25, -0.2) is 4.21 Å². The topological polar surface area (TPSA) is 37.3 Å². The Morgan fingerprint density at radius 1 is 1.50 bits per heavy atom. The molecule has 1 unspecified atom stereocenters. The van der Waals surface area contributed by atoms with Gasteiger partial charge in [0.25, 0.3) is 0 Å². The van der Waals surface area contributed by atoms with Crippen molar-refractivity contribution >= 4 is 56.6 Å². The van der Waals surface area contributed by atoms with Crippen LogP contribution in [0.15, 0.2) is 27.6 Å². The summed E-state index contributed by atoms with van der Waals surface area (Å²) in [4.78, 5) is 0.421. The standard InChI is InChI=1S/C7H7BrO2S.Na.H/c1-5-2-3-6(8)7(4-5)11(9)10;;/h2-4H,1H3,(H,9,10);;. The van der Waals surface area contributed by atoms with Crippen LogP contribution in [0.2, 0.25) is 0 Å². The Labute approximate surface area is 104 Å². The minimum atomic E-state index is -1.90. The molecule has 1 N–H and O–H groups in total. The van der Waals surface area contributed by atoms with E-state index in [0.717, 1.165) is 5.56 Å². The second kappa shape index (κ2) is 5.52. The fraction of sp³-hybridized carbons (Fsp3) is 0.143. The maximum atomic E-state index is 10.7. The number of halogens is 1. The Bertz CT molecular complexity index is 303. The van der Waals surface area contributed by atoms with E-state index in [0.29, 0.717) is 9.37 Å². The van der Waals surface area contributed by atoms with Crippen LogP contribution in [0.25, 0.3) is 0 Å². The SMILES string of the molecule is Cc1ccc(Br)c(S(=O)O)c1.[NaH]. The number of hydrogen-bond acceptors (Lipinski definition) is 1. The van der Waals surface area contributed by atoms with Crippen molar-refractivity contribution in [2.75, 3.05) is 0 Å². The van der Waals surface area contributed by atoms with Crippen LogP contribution in [0, 0.1) is 6.92 Å². The number of rotatable bonds is 1. The molecule has 1 aromatic carbocycles. The van der Waals surface area contributed by atoms with Gasteiger partial charge < -0.3 is 4.55 Å². The number of aryl methyl sites for hydroxylation is 1. The second-order valence-corrected chi connectivity index (χ2v) is 3.98. The Kier molecular flexibility index (Phi) is 5.89. The molecule has 0 aliphatic heterocycles. The minimum absolute atomic E-state index is 0. The molecule has 0 heterocycles. The fourth-order valence-electron chi connectivity index (χ4n) is 0.744. The molecule has 12 heavy (non-hydrogen) atoms. The summed E-state index contributed by atoms with van der Waals surface area (Å²) >= 11 is 1.28. The van der Waals surface area contributed by atoms with Gasteiger partial charge >= 0.3 is 29.6 Å². The molecule has 0 fully saturated rings. The normalized spacial score (nSPS) is 11.9. The van der Waals surface area contributed by atoms with Crippen molar-refractivity contribution in [1.82, 2.24) is 0 Å². The Morgan fingerprint density at radius 3 is 2.50 bits per heavy atom. The monoisotopic (exact) mass is 258 g/mol. The van der Waals surface area contributed by atoms with E-state index in [1.165, 1.54) is 0 Å². The van der Waals surface area contributed by atoms with E-state index in [9.17, 15) is 4.21 Å². The van der Waals surface area contributed by atoms with Gasteiger partial charge in [0.2, 0.25) is 0 Å². The zero-order valence-corrected chi connectivity index (χ0v) is 8.28.